The van der Waals surface area contributed by atoms with Crippen LogP contribution in [-0.2, 0) is 0 Å². The van der Waals surface area contributed by atoms with E-state index in [4.69, 9.17) is 11.6 Å². The molecule has 17 heavy (non-hydrogen) atoms. The summed E-state index contributed by atoms with van der Waals surface area (Å²) in [6.07, 6.45) is 0. The molecule has 0 aliphatic carbocycles. The third kappa shape index (κ3) is 2.95. The number of rotatable bonds is 2. The lowest BCUT2D eigenvalue weighted by Gasteiger charge is -2.11. The third-order valence-electron chi connectivity index (χ3n) is 2.63. The van der Waals surface area contributed by atoms with E-state index in [1.807, 2.05) is 6.92 Å². The van der Waals surface area contributed by atoms with Crippen LogP contribution in [0.5, 0.6) is 0 Å². The Morgan fingerprint density at radius 2 is 1.88 bits per heavy atom. The third-order valence-corrected chi connectivity index (χ3v) is 6.03. The first kappa shape index (κ1) is 13.6. The Hall–Kier alpha value is 0.170. The van der Waals surface area contributed by atoms with Crippen LogP contribution >= 0.6 is 54.8 Å². The first-order valence-corrected chi connectivity index (χ1v) is 8.05. The van der Waals surface area contributed by atoms with Crippen molar-refractivity contribution in [2.45, 2.75) is 18.7 Å². The predicted molar refractivity (Wildman–Crippen MR) is 83.7 cm³/mol. The molecule has 0 bridgehead atoms. The molecule has 0 aliphatic rings. The largest absolute Gasteiger partial charge is 0.127 e. The van der Waals surface area contributed by atoms with Crippen LogP contribution in [0.4, 0.5) is 0 Å². The van der Waals surface area contributed by atoms with E-state index in [2.05, 4.69) is 63.0 Å². The Balaban J connectivity index is 2.39. The summed E-state index contributed by atoms with van der Waals surface area (Å²) in [6.45, 7) is 4.16. The van der Waals surface area contributed by atoms with E-state index < -0.39 is 0 Å². The molecule has 1 unspecified atom stereocenters. The van der Waals surface area contributed by atoms with E-state index in [0.717, 1.165) is 14.4 Å². The standard InChI is InChI=1S/C13H11Br2ClS/c1-7-5-9(14)3-4-10(7)12(15)11-6-8(2)13(16)17-11/h3-6,12H,1-2H3. The van der Waals surface area contributed by atoms with Gasteiger partial charge in [-0.15, -0.1) is 11.3 Å². The van der Waals surface area contributed by atoms with Crippen molar-refractivity contribution in [3.05, 3.63) is 54.6 Å². The van der Waals surface area contributed by atoms with Gasteiger partial charge in [0.15, 0.2) is 0 Å². The van der Waals surface area contributed by atoms with Gasteiger partial charge in [0.1, 0.15) is 0 Å². The number of hydrogen-bond donors (Lipinski definition) is 0. The van der Waals surface area contributed by atoms with Crippen molar-refractivity contribution in [2.24, 2.45) is 0 Å². The minimum atomic E-state index is 0.215. The van der Waals surface area contributed by atoms with E-state index in [9.17, 15) is 0 Å². The number of aryl methyl sites for hydroxylation is 2. The monoisotopic (exact) mass is 392 g/mol. The predicted octanol–water partition coefficient (Wildman–Crippen LogP) is 6.27. The second-order valence-corrected chi connectivity index (χ2v) is 7.49. The Kier molecular flexibility index (Phi) is 4.35. The molecule has 1 atom stereocenters. The van der Waals surface area contributed by atoms with Gasteiger partial charge in [-0.1, -0.05) is 49.5 Å². The van der Waals surface area contributed by atoms with Crippen molar-refractivity contribution in [3.63, 3.8) is 0 Å². The highest BCUT2D eigenvalue weighted by Crippen LogP contribution is 2.40. The van der Waals surface area contributed by atoms with Gasteiger partial charge in [0.05, 0.1) is 9.16 Å². The quantitative estimate of drug-likeness (QED) is 0.527. The van der Waals surface area contributed by atoms with Gasteiger partial charge in [-0.05, 0) is 48.7 Å². The van der Waals surface area contributed by atoms with Gasteiger partial charge in [0.2, 0.25) is 0 Å². The molecule has 1 heterocycles. The highest BCUT2D eigenvalue weighted by molar-refractivity contribution is 9.10. The van der Waals surface area contributed by atoms with Crippen LogP contribution in [0.1, 0.15) is 26.4 Å². The molecule has 0 radical (unpaired) electrons. The topological polar surface area (TPSA) is 0 Å². The summed E-state index contributed by atoms with van der Waals surface area (Å²) in [5.74, 6) is 0. The normalized spacial score (nSPS) is 12.8. The molecule has 0 nitrogen and oxygen atoms in total. The fraction of sp³-hybridized carbons (Fsp3) is 0.231. The smallest absolute Gasteiger partial charge is 0.0960 e. The molecular formula is C13H11Br2ClS. The minimum absolute atomic E-state index is 0.215. The molecule has 2 rings (SSSR count). The van der Waals surface area contributed by atoms with Gasteiger partial charge < -0.3 is 0 Å². The molecule has 0 aliphatic heterocycles. The molecule has 4 heteroatoms. The zero-order valence-electron chi connectivity index (χ0n) is 9.43. The van der Waals surface area contributed by atoms with E-state index in [0.29, 0.717) is 0 Å². The van der Waals surface area contributed by atoms with Crippen LogP contribution in [0.25, 0.3) is 0 Å². The summed E-state index contributed by atoms with van der Waals surface area (Å²) in [5, 5.41) is 0. The molecule has 0 fully saturated rings. The summed E-state index contributed by atoms with van der Waals surface area (Å²) >= 11 is 15.0. The summed E-state index contributed by atoms with van der Waals surface area (Å²) in [5.41, 5.74) is 3.69. The van der Waals surface area contributed by atoms with Crippen LogP contribution in [-0.4, -0.2) is 0 Å². The van der Waals surface area contributed by atoms with Gasteiger partial charge in [-0.3, -0.25) is 0 Å². The Labute approximate surface area is 127 Å². The van der Waals surface area contributed by atoms with Gasteiger partial charge in [0.25, 0.3) is 0 Å². The Morgan fingerprint density at radius 3 is 2.41 bits per heavy atom. The number of thiophene rings is 1. The van der Waals surface area contributed by atoms with E-state index >= 15 is 0 Å². The molecule has 0 saturated heterocycles. The van der Waals surface area contributed by atoms with Crippen LogP contribution in [0, 0.1) is 13.8 Å². The van der Waals surface area contributed by atoms with Crippen LogP contribution < -0.4 is 0 Å². The van der Waals surface area contributed by atoms with Crippen molar-refractivity contribution in [2.75, 3.05) is 0 Å². The summed E-state index contributed by atoms with van der Waals surface area (Å²) in [4.78, 5) is 1.46. The highest BCUT2D eigenvalue weighted by atomic mass is 79.9. The van der Waals surface area contributed by atoms with Crippen molar-refractivity contribution in [3.8, 4) is 0 Å². The molecule has 1 aromatic heterocycles. The number of alkyl halides is 1. The SMILES string of the molecule is Cc1cc(Br)ccc1C(Br)c1cc(C)c(Cl)s1. The molecule has 0 amide bonds. The van der Waals surface area contributed by atoms with Crippen molar-refractivity contribution < 1.29 is 0 Å². The fourth-order valence-electron chi connectivity index (χ4n) is 1.69. The Morgan fingerprint density at radius 1 is 1.18 bits per heavy atom. The fourth-order valence-corrected chi connectivity index (χ4v) is 4.30. The first-order chi connectivity index (χ1) is 7.99. The molecular weight excluding hydrogens is 383 g/mol. The summed E-state index contributed by atoms with van der Waals surface area (Å²) < 4.78 is 1.98. The highest BCUT2D eigenvalue weighted by Gasteiger charge is 2.16. The van der Waals surface area contributed by atoms with Crippen LogP contribution in [0.3, 0.4) is 0 Å². The van der Waals surface area contributed by atoms with Crippen LogP contribution in [0.2, 0.25) is 4.34 Å². The Bertz CT molecular complexity index is 529. The second-order valence-electron chi connectivity index (χ2n) is 3.97. The van der Waals surface area contributed by atoms with Gasteiger partial charge >= 0.3 is 0 Å². The zero-order valence-corrected chi connectivity index (χ0v) is 14.2. The van der Waals surface area contributed by atoms with E-state index in [-0.39, 0.29) is 4.83 Å². The molecule has 0 saturated carbocycles. The lowest BCUT2D eigenvalue weighted by atomic mass is 10.0. The molecule has 0 spiro atoms. The molecule has 90 valence electrons. The average Bonchev–Trinajstić information content (AvgIpc) is 2.58. The van der Waals surface area contributed by atoms with Gasteiger partial charge in [-0.2, -0.15) is 0 Å². The van der Waals surface area contributed by atoms with Crippen LogP contribution in [0.15, 0.2) is 28.7 Å². The van der Waals surface area contributed by atoms with E-state index in [1.54, 1.807) is 11.3 Å². The number of hydrogen-bond acceptors (Lipinski definition) is 1. The molecule has 1 aromatic carbocycles. The van der Waals surface area contributed by atoms with Gasteiger partial charge in [0, 0.05) is 9.35 Å². The number of halogens is 3. The second kappa shape index (κ2) is 5.43. The zero-order chi connectivity index (χ0) is 12.6. The lowest BCUT2D eigenvalue weighted by molar-refractivity contribution is 1.17. The van der Waals surface area contributed by atoms with Gasteiger partial charge in [-0.25, -0.2) is 0 Å². The average molecular weight is 395 g/mol. The van der Waals surface area contributed by atoms with Crippen molar-refractivity contribution in [1.82, 2.24) is 0 Å². The summed E-state index contributed by atoms with van der Waals surface area (Å²) in [6, 6.07) is 8.49. The lowest BCUT2D eigenvalue weighted by Crippen LogP contribution is -1.93. The number of benzene rings is 1. The van der Waals surface area contributed by atoms with Crippen molar-refractivity contribution in [1.29, 1.82) is 0 Å². The first-order valence-electron chi connectivity index (χ1n) is 5.15. The van der Waals surface area contributed by atoms with Crippen molar-refractivity contribution >= 4 is 54.8 Å². The van der Waals surface area contributed by atoms with E-state index in [1.165, 1.54) is 16.0 Å². The maximum Gasteiger partial charge on any atom is 0.0960 e. The maximum absolute atomic E-state index is 6.12. The molecule has 0 N–H and O–H groups in total. The maximum atomic E-state index is 6.12. The molecule has 2 aromatic rings. The minimum Gasteiger partial charge on any atom is -0.127 e. The summed E-state index contributed by atoms with van der Waals surface area (Å²) in [7, 11) is 0.